The van der Waals surface area contributed by atoms with Crippen LogP contribution in [0.25, 0.3) is 0 Å². The summed E-state index contributed by atoms with van der Waals surface area (Å²) in [6.45, 7) is 6.89. The summed E-state index contributed by atoms with van der Waals surface area (Å²) in [4.78, 5) is 8.81. The predicted octanol–water partition coefficient (Wildman–Crippen LogP) is 2.20. The van der Waals surface area contributed by atoms with E-state index in [0.29, 0.717) is 0 Å². The zero-order valence-electron chi connectivity index (χ0n) is 10.3. The zero-order valence-corrected chi connectivity index (χ0v) is 11.1. The molecule has 2 rings (SSSR count). The molecule has 0 saturated carbocycles. The Kier molecular flexibility index (Phi) is 4.28. The van der Waals surface area contributed by atoms with Crippen molar-refractivity contribution in [1.82, 2.24) is 19.9 Å². The number of hydrogen-bond donors (Lipinski definition) is 1. The minimum Gasteiger partial charge on any atom is -0.330 e. The van der Waals surface area contributed by atoms with E-state index in [1.54, 1.807) is 11.3 Å². The third-order valence-corrected chi connectivity index (χ3v) is 3.36. The third-order valence-electron chi connectivity index (χ3n) is 2.40. The first-order chi connectivity index (χ1) is 8.28. The SMILES string of the molecule is CCCNCc1cn(Cc2nc(C)cs2)cn1. The summed E-state index contributed by atoms with van der Waals surface area (Å²) < 4.78 is 2.08. The topological polar surface area (TPSA) is 42.7 Å². The number of aromatic nitrogens is 3. The van der Waals surface area contributed by atoms with E-state index < -0.39 is 0 Å². The lowest BCUT2D eigenvalue weighted by atomic mass is 10.4. The van der Waals surface area contributed by atoms with Crippen molar-refractivity contribution in [3.63, 3.8) is 0 Å². The quantitative estimate of drug-likeness (QED) is 0.799. The Bertz CT molecular complexity index is 461. The molecule has 92 valence electrons. The molecular weight excluding hydrogens is 232 g/mol. The molecule has 2 aromatic heterocycles. The maximum absolute atomic E-state index is 4.44. The van der Waals surface area contributed by atoms with Gasteiger partial charge in [-0.15, -0.1) is 11.3 Å². The highest BCUT2D eigenvalue weighted by Gasteiger charge is 2.02. The Hall–Kier alpha value is -1.20. The van der Waals surface area contributed by atoms with Gasteiger partial charge in [0.2, 0.25) is 0 Å². The molecule has 1 N–H and O–H groups in total. The van der Waals surface area contributed by atoms with Crippen LogP contribution in [0.15, 0.2) is 17.9 Å². The van der Waals surface area contributed by atoms with Gasteiger partial charge in [0.15, 0.2) is 0 Å². The van der Waals surface area contributed by atoms with E-state index in [4.69, 9.17) is 0 Å². The maximum Gasteiger partial charge on any atom is 0.113 e. The van der Waals surface area contributed by atoms with Crippen LogP contribution in [-0.4, -0.2) is 21.1 Å². The molecule has 17 heavy (non-hydrogen) atoms. The van der Waals surface area contributed by atoms with Crippen molar-refractivity contribution in [2.45, 2.75) is 33.4 Å². The van der Waals surface area contributed by atoms with Crippen LogP contribution >= 0.6 is 11.3 Å². The van der Waals surface area contributed by atoms with E-state index in [0.717, 1.165) is 42.5 Å². The summed E-state index contributed by atoms with van der Waals surface area (Å²) >= 11 is 1.70. The van der Waals surface area contributed by atoms with Crippen LogP contribution in [0.5, 0.6) is 0 Å². The van der Waals surface area contributed by atoms with Gasteiger partial charge in [-0.2, -0.15) is 0 Å². The molecule has 0 unspecified atom stereocenters. The predicted molar refractivity (Wildman–Crippen MR) is 70.2 cm³/mol. The second kappa shape index (κ2) is 5.93. The molecule has 5 heteroatoms. The highest BCUT2D eigenvalue weighted by molar-refractivity contribution is 7.09. The summed E-state index contributed by atoms with van der Waals surface area (Å²) in [6, 6.07) is 0. The lowest BCUT2D eigenvalue weighted by molar-refractivity contribution is 0.665. The molecule has 0 spiro atoms. The summed E-state index contributed by atoms with van der Waals surface area (Å²) in [5.74, 6) is 0. The standard InChI is InChI=1S/C12H18N4S/c1-3-4-13-5-11-6-16(9-14-11)7-12-15-10(2)8-17-12/h6,8-9,13H,3-5,7H2,1-2H3. The molecule has 4 nitrogen and oxygen atoms in total. The second-order valence-corrected chi connectivity index (χ2v) is 5.04. The van der Waals surface area contributed by atoms with Crippen molar-refractivity contribution >= 4 is 11.3 Å². The van der Waals surface area contributed by atoms with E-state index in [2.05, 4.69) is 38.4 Å². The minimum atomic E-state index is 0.819. The molecule has 0 aliphatic carbocycles. The van der Waals surface area contributed by atoms with Gasteiger partial charge in [-0.3, -0.25) is 0 Å². The van der Waals surface area contributed by atoms with Gasteiger partial charge in [-0.05, 0) is 19.9 Å². The molecule has 0 bridgehead atoms. The Morgan fingerprint density at radius 2 is 2.35 bits per heavy atom. The molecule has 0 fully saturated rings. The van der Waals surface area contributed by atoms with E-state index in [1.807, 2.05) is 13.3 Å². The van der Waals surface area contributed by atoms with Gasteiger partial charge < -0.3 is 9.88 Å². The molecule has 0 aliphatic rings. The molecule has 2 heterocycles. The first kappa shape index (κ1) is 12.3. The van der Waals surface area contributed by atoms with Crippen LogP contribution in [0.3, 0.4) is 0 Å². The third kappa shape index (κ3) is 3.64. The Morgan fingerprint density at radius 1 is 1.47 bits per heavy atom. The van der Waals surface area contributed by atoms with Gasteiger partial charge in [0.05, 0.1) is 18.6 Å². The summed E-state index contributed by atoms with van der Waals surface area (Å²) in [5.41, 5.74) is 2.18. The van der Waals surface area contributed by atoms with Crippen molar-refractivity contribution in [3.05, 3.63) is 34.3 Å². The van der Waals surface area contributed by atoms with Crippen LogP contribution in [0, 0.1) is 6.92 Å². The Balaban J connectivity index is 1.89. The fraction of sp³-hybridized carbons (Fsp3) is 0.500. The van der Waals surface area contributed by atoms with Crippen LogP contribution < -0.4 is 5.32 Å². The Morgan fingerprint density at radius 3 is 3.06 bits per heavy atom. The smallest absolute Gasteiger partial charge is 0.113 e. The van der Waals surface area contributed by atoms with Crippen molar-refractivity contribution in [1.29, 1.82) is 0 Å². The number of imidazole rings is 1. The van der Waals surface area contributed by atoms with E-state index >= 15 is 0 Å². The first-order valence-electron chi connectivity index (χ1n) is 5.90. The van der Waals surface area contributed by atoms with Crippen LogP contribution in [0.4, 0.5) is 0 Å². The molecular formula is C12H18N4S. The van der Waals surface area contributed by atoms with Crippen molar-refractivity contribution in [2.75, 3.05) is 6.54 Å². The number of aryl methyl sites for hydroxylation is 1. The van der Waals surface area contributed by atoms with Gasteiger partial charge in [0, 0.05) is 23.8 Å². The normalized spacial score (nSPS) is 10.9. The lowest BCUT2D eigenvalue weighted by Crippen LogP contribution is -2.13. The Labute approximate surface area is 106 Å². The minimum absolute atomic E-state index is 0.819. The summed E-state index contributed by atoms with van der Waals surface area (Å²) in [6.07, 6.45) is 5.11. The summed E-state index contributed by atoms with van der Waals surface area (Å²) in [7, 11) is 0. The molecule has 0 atom stereocenters. The number of hydrogen-bond acceptors (Lipinski definition) is 4. The fourth-order valence-corrected chi connectivity index (χ4v) is 2.39. The largest absolute Gasteiger partial charge is 0.330 e. The van der Waals surface area contributed by atoms with Gasteiger partial charge in [-0.1, -0.05) is 6.92 Å². The van der Waals surface area contributed by atoms with Crippen LogP contribution in [-0.2, 0) is 13.1 Å². The van der Waals surface area contributed by atoms with Gasteiger partial charge in [0.1, 0.15) is 5.01 Å². The zero-order chi connectivity index (χ0) is 12.1. The van der Waals surface area contributed by atoms with Crippen LogP contribution in [0.1, 0.15) is 29.7 Å². The first-order valence-corrected chi connectivity index (χ1v) is 6.78. The second-order valence-electron chi connectivity index (χ2n) is 4.10. The molecule has 2 aromatic rings. The van der Waals surface area contributed by atoms with Crippen molar-refractivity contribution < 1.29 is 0 Å². The molecule has 0 aliphatic heterocycles. The molecule has 0 radical (unpaired) electrons. The number of rotatable bonds is 6. The number of nitrogens with zero attached hydrogens (tertiary/aromatic N) is 3. The average Bonchev–Trinajstić information content (AvgIpc) is 2.90. The summed E-state index contributed by atoms with van der Waals surface area (Å²) in [5, 5.41) is 6.56. The van der Waals surface area contributed by atoms with E-state index in [9.17, 15) is 0 Å². The average molecular weight is 250 g/mol. The van der Waals surface area contributed by atoms with E-state index in [-0.39, 0.29) is 0 Å². The van der Waals surface area contributed by atoms with Crippen LogP contribution in [0.2, 0.25) is 0 Å². The molecule has 0 saturated heterocycles. The van der Waals surface area contributed by atoms with Gasteiger partial charge in [-0.25, -0.2) is 9.97 Å². The monoisotopic (exact) mass is 250 g/mol. The van der Waals surface area contributed by atoms with Gasteiger partial charge >= 0.3 is 0 Å². The maximum atomic E-state index is 4.44. The highest BCUT2D eigenvalue weighted by Crippen LogP contribution is 2.10. The fourth-order valence-electron chi connectivity index (χ4n) is 1.61. The molecule has 0 amide bonds. The van der Waals surface area contributed by atoms with Gasteiger partial charge in [0.25, 0.3) is 0 Å². The number of thiazole rings is 1. The number of nitrogens with one attached hydrogen (secondary N) is 1. The highest BCUT2D eigenvalue weighted by atomic mass is 32.1. The van der Waals surface area contributed by atoms with E-state index in [1.165, 1.54) is 0 Å². The lowest BCUT2D eigenvalue weighted by Gasteiger charge is -1.99. The molecule has 0 aromatic carbocycles. The van der Waals surface area contributed by atoms with Crippen molar-refractivity contribution in [3.8, 4) is 0 Å². The van der Waals surface area contributed by atoms with Crippen molar-refractivity contribution in [2.24, 2.45) is 0 Å².